The van der Waals surface area contributed by atoms with E-state index in [2.05, 4.69) is 27.7 Å². The first-order valence-corrected chi connectivity index (χ1v) is 27.9. The number of unbranched alkanes of at least 4 members (excludes halogenated alkanes) is 38. The first kappa shape index (κ1) is 60.4. The molecule has 0 aliphatic rings. The van der Waals surface area contributed by atoms with Crippen LogP contribution >= 0.6 is 0 Å². The van der Waals surface area contributed by atoms with Crippen molar-refractivity contribution < 1.29 is 28.6 Å². The lowest BCUT2D eigenvalue weighted by molar-refractivity contribution is -0.167. The molecule has 0 spiro atoms. The van der Waals surface area contributed by atoms with Crippen molar-refractivity contribution in [2.45, 2.75) is 323 Å². The SMILES string of the molecule is CCCCCCCCCCCCCCCCCCCCCC(=O)OC[C@@H](COC(=O)CCCCCCCCCCCCC)OC(=O)CCCCCCCCCCCCCC(C)C. The number of carbonyl (C=O) groups excluding carboxylic acids is 3. The van der Waals surface area contributed by atoms with Crippen LogP contribution in [0, 0.1) is 5.92 Å². The summed E-state index contributed by atoms with van der Waals surface area (Å²) in [6.45, 7) is 9.03. The van der Waals surface area contributed by atoms with E-state index < -0.39 is 6.10 Å². The van der Waals surface area contributed by atoms with Crippen LogP contribution in [-0.2, 0) is 28.6 Å². The number of ether oxygens (including phenoxy) is 3. The fourth-order valence-electron chi connectivity index (χ4n) is 8.57. The number of rotatable bonds is 51. The summed E-state index contributed by atoms with van der Waals surface area (Å²) in [4.78, 5) is 38.0. The second kappa shape index (κ2) is 50.4. The van der Waals surface area contributed by atoms with E-state index >= 15 is 0 Å². The van der Waals surface area contributed by atoms with Crippen LogP contribution in [0.4, 0.5) is 0 Å². The lowest BCUT2D eigenvalue weighted by Gasteiger charge is -2.18. The van der Waals surface area contributed by atoms with Gasteiger partial charge in [0.25, 0.3) is 0 Å². The summed E-state index contributed by atoms with van der Waals surface area (Å²) in [7, 11) is 0. The van der Waals surface area contributed by atoms with E-state index in [1.165, 1.54) is 212 Å². The van der Waals surface area contributed by atoms with Gasteiger partial charge in [0.15, 0.2) is 6.10 Å². The molecule has 0 aliphatic heterocycles. The van der Waals surface area contributed by atoms with Crippen molar-refractivity contribution in [1.29, 1.82) is 0 Å². The van der Waals surface area contributed by atoms with Gasteiger partial charge in [0.1, 0.15) is 13.2 Å². The molecular formula is C56H108O6. The van der Waals surface area contributed by atoms with Crippen molar-refractivity contribution in [1.82, 2.24) is 0 Å². The largest absolute Gasteiger partial charge is 0.462 e. The van der Waals surface area contributed by atoms with Gasteiger partial charge in [0.05, 0.1) is 0 Å². The van der Waals surface area contributed by atoms with Crippen molar-refractivity contribution in [3.8, 4) is 0 Å². The monoisotopic (exact) mass is 877 g/mol. The number of hydrogen-bond donors (Lipinski definition) is 0. The van der Waals surface area contributed by atoms with Gasteiger partial charge in [-0.2, -0.15) is 0 Å². The van der Waals surface area contributed by atoms with Gasteiger partial charge >= 0.3 is 17.9 Å². The normalized spacial score (nSPS) is 12.0. The Morgan fingerprint density at radius 2 is 0.532 bits per heavy atom. The average molecular weight is 877 g/mol. The molecule has 0 bridgehead atoms. The molecule has 0 saturated heterocycles. The Balaban J connectivity index is 4.24. The highest BCUT2D eigenvalue weighted by molar-refractivity contribution is 5.71. The molecule has 0 aromatic carbocycles. The zero-order valence-electron chi connectivity index (χ0n) is 42.3. The molecular weight excluding hydrogens is 769 g/mol. The molecule has 1 atom stereocenters. The van der Waals surface area contributed by atoms with Gasteiger partial charge in [-0.1, -0.05) is 278 Å². The molecule has 0 amide bonds. The quantitative estimate of drug-likeness (QED) is 0.0344. The van der Waals surface area contributed by atoms with Crippen LogP contribution in [0.25, 0.3) is 0 Å². The molecule has 62 heavy (non-hydrogen) atoms. The van der Waals surface area contributed by atoms with E-state index in [1.807, 2.05) is 0 Å². The van der Waals surface area contributed by atoms with E-state index in [4.69, 9.17) is 14.2 Å². The third-order valence-electron chi connectivity index (χ3n) is 12.8. The maximum Gasteiger partial charge on any atom is 0.306 e. The first-order valence-electron chi connectivity index (χ1n) is 27.9. The minimum Gasteiger partial charge on any atom is -0.462 e. The van der Waals surface area contributed by atoms with Crippen LogP contribution in [0.5, 0.6) is 0 Å². The van der Waals surface area contributed by atoms with E-state index in [1.54, 1.807) is 0 Å². The van der Waals surface area contributed by atoms with Crippen molar-refractivity contribution >= 4 is 17.9 Å². The average Bonchev–Trinajstić information content (AvgIpc) is 3.26. The Morgan fingerprint density at radius 1 is 0.306 bits per heavy atom. The fraction of sp³-hybridized carbons (Fsp3) is 0.946. The highest BCUT2D eigenvalue weighted by atomic mass is 16.6. The molecule has 6 nitrogen and oxygen atoms in total. The summed E-state index contributed by atoms with van der Waals surface area (Å²) in [5, 5.41) is 0. The van der Waals surface area contributed by atoms with Crippen molar-refractivity contribution in [3.63, 3.8) is 0 Å². The fourth-order valence-corrected chi connectivity index (χ4v) is 8.57. The van der Waals surface area contributed by atoms with Gasteiger partial charge in [-0.25, -0.2) is 0 Å². The van der Waals surface area contributed by atoms with Gasteiger partial charge in [-0.05, 0) is 25.2 Å². The predicted octanol–water partition coefficient (Wildman–Crippen LogP) is 18.2. The summed E-state index contributed by atoms with van der Waals surface area (Å²) in [5.74, 6) is -0.0157. The second-order valence-corrected chi connectivity index (χ2v) is 19.7. The van der Waals surface area contributed by atoms with Gasteiger partial charge in [-0.15, -0.1) is 0 Å². The van der Waals surface area contributed by atoms with Crippen LogP contribution in [0.1, 0.15) is 317 Å². The second-order valence-electron chi connectivity index (χ2n) is 19.7. The maximum atomic E-state index is 12.8. The Bertz CT molecular complexity index is 933. The topological polar surface area (TPSA) is 78.9 Å². The minimum atomic E-state index is -0.761. The Kier molecular flexibility index (Phi) is 49.1. The minimum absolute atomic E-state index is 0.0624. The molecule has 0 rings (SSSR count). The molecule has 368 valence electrons. The van der Waals surface area contributed by atoms with E-state index in [0.717, 1.165) is 63.7 Å². The molecule has 0 saturated carbocycles. The molecule has 0 aliphatic carbocycles. The molecule has 0 aromatic rings. The number of hydrogen-bond acceptors (Lipinski definition) is 6. The van der Waals surface area contributed by atoms with E-state index in [0.29, 0.717) is 19.3 Å². The zero-order valence-corrected chi connectivity index (χ0v) is 42.3. The highest BCUT2D eigenvalue weighted by Crippen LogP contribution is 2.18. The summed E-state index contributed by atoms with van der Waals surface area (Å²) in [5.41, 5.74) is 0. The van der Waals surface area contributed by atoms with Gasteiger partial charge in [0, 0.05) is 19.3 Å². The molecule has 0 heterocycles. The molecule has 0 N–H and O–H groups in total. The first-order chi connectivity index (χ1) is 30.4. The third kappa shape index (κ3) is 49.4. The van der Waals surface area contributed by atoms with E-state index in [-0.39, 0.29) is 31.1 Å². The molecule has 6 heteroatoms. The number of esters is 3. The molecule has 0 unspecified atom stereocenters. The zero-order chi connectivity index (χ0) is 45.2. The van der Waals surface area contributed by atoms with Gasteiger partial charge < -0.3 is 14.2 Å². The van der Waals surface area contributed by atoms with Crippen LogP contribution in [0.3, 0.4) is 0 Å². The molecule has 0 fully saturated rings. The Labute approximate surface area is 387 Å². The smallest absolute Gasteiger partial charge is 0.306 e. The highest BCUT2D eigenvalue weighted by Gasteiger charge is 2.19. The predicted molar refractivity (Wildman–Crippen MR) is 266 cm³/mol. The maximum absolute atomic E-state index is 12.8. The van der Waals surface area contributed by atoms with Crippen LogP contribution < -0.4 is 0 Å². The third-order valence-corrected chi connectivity index (χ3v) is 12.8. The van der Waals surface area contributed by atoms with Crippen molar-refractivity contribution in [3.05, 3.63) is 0 Å². The lowest BCUT2D eigenvalue weighted by Crippen LogP contribution is -2.30. The summed E-state index contributed by atoms with van der Waals surface area (Å²) >= 11 is 0. The Morgan fingerprint density at radius 3 is 0.790 bits per heavy atom. The molecule has 0 aromatic heterocycles. The standard InChI is InChI=1S/C56H108O6/c1-5-7-9-11-13-15-17-18-19-20-21-22-23-24-28-32-36-40-44-48-55(58)61-51-53(50-60-54(57)47-43-39-35-31-26-16-14-12-10-8-6-2)62-56(59)49-45-41-37-33-29-25-27-30-34-38-42-46-52(3)4/h52-53H,5-51H2,1-4H3/t53-/m1/s1. The van der Waals surface area contributed by atoms with Gasteiger partial charge in [0.2, 0.25) is 0 Å². The summed E-state index contributed by atoms with van der Waals surface area (Å²) in [6.07, 6.45) is 53.8. The van der Waals surface area contributed by atoms with Crippen molar-refractivity contribution in [2.75, 3.05) is 13.2 Å². The van der Waals surface area contributed by atoms with Crippen LogP contribution in [0.2, 0.25) is 0 Å². The summed E-state index contributed by atoms with van der Waals surface area (Å²) < 4.78 is 16.8. The Hall–Kier alpha value is -1.59. The number of carbonyl (C=O) groups is 3. The van der Waals surface area contributed by atoms with Crippen LogP contribution in [-0.4, -0.2) is 37.2 Å². The lowest BCUT2D eigenvalue weighted by atomic mass is 10.0. The van der Waals surface area contributed by atoms with Crippen LogP contribution in [0.15, 0.2) is 0 Å². The van der Waals surface area contributed by atoms with Crippen molar-refractivity contribution in [2.24, 2.45) is 5.92 Å². The van der Waals surface area contributed by atoms with E-state index in [9.17, 15) is 14.4 Å². The van der Waals surface area contributed by atoms with Gasteiger partial charge in [-0.3, -0.25) is 14.4 Å². The molecule has 0 radical (unpaired) electrons. The summed E-state index contributed by atoms with van der Waals surface area (Å²) in [6, 6.07) is 0.